The van der Waals surface area contributed by atoms with Gasteiger partial charge in [-0.25, -0.2) is 4.98 Å². The molecule has 1 saturated heterocycles. The van der Waals surface area contributed by atoms with Gasteiger partial charge in [-0.2, -0.15) is 0 Å². The summed E-state index contributed by atoms with van der Waals surface area (Å²) in [7, 11) is 1.74. The van der Waals surface area contributed by atoms with Gasteiger partial charge < -0.3 is 14.5 Å². The van der Waals surface area contributed by atoms with Gasteiger partial charge in [-0.15, -0.1) is 0 Å². The van der Waals surface area contributed by atoms with Gasteiger partial charge in [0.2, 0.25) is 0 Å². The quantitative estimate of drug-likeness (QED) is 0.854. The number of nitrogens with zero attached hydrogens (tertiary/aromatic N) is 1. The second-order valence-electron chi connectivity index (χ2n) is 5.11. The molecule has 2 heterocycles. The molecule has 98 valence electrons. The van der Waals surface area contributed by atoms with Crippen LogP contribution in [-0.4, -0.2) is 30.3 Å². The van der Waals surface area contributed by atoms with E-state index in [0.717, 1.165) is 18.7 Å². The van der Waals surface area contributed by atoms with Crippen LogP contribution >= 0.6 is 12.2 Å². The lowest BCUT2D eigenvalue weighted by molar-refractivity contribution is -0.100. The predicted molar refractivity (Wildman–Crippen MR) is 70.1 cm³/mol. The molecule has 1 aliphatic carbocycles. The van der Waals surface area contributed by atoms with Crippen molar-refractivity contribution >= 4 is 12.2 Å². The topological polar surface area (TPSA) is 47.1 Å². The molecule has 0 bridgehead atoms. The minimum atomic E-state index is -0.350. The highest BCUT2D eigenvalue weighted by atomic mass is 32.1. The molecule has 1 aromatic heterocycles. The molecule has 0 aromatic carbocycles. The van der Waals surface area contributed by atoms with Crippen LogP contribution in [0.3, 0.4) is 0 Å². The number of H-pyrrole nitrogens is 1. The molecule has 0 amide bonds. The van der Waals surface area contributed by atoms with Crippen molar-refractivity contribution in [2.45, 2.75) is 37.2 Å². The Morgan fingerprint density at radius 3 is 2.78 bits per heavy atom. The van der Waals surface area contributed by atoms with Crippen molar-refractivity contribution in [1.82, 2.24) is 9.97 Å². The Kier molecular flexibility index (Phi) is 3.21. The Balaban J connectivity index is 2.00. The van der Waals surface area contributed by atoms with Gasteiger partial charge in [0.1, 0.15) is 16.1 Å². The van der Waals surface area contributed by atoms with Crippen LogP contribution in [0.15, 0.2) is 6.07 Å². The third-order valence-corrected chi connectivity index (χ3v) is 4.11. The third kappa shape index (κ3) is 2.22. The van der Waals surface area contributed by atoms with Crippen molar-refractivity contribution in [1.29, 1.82) is 0 Å². The lowest BCUT2D eigenvalue weighted by atomic mass is 9.93. The number of methoxy groups -OCH3 is 1. The lowest BCUT2D eigenvalue weighted by Gasteiger charge is -2.35. The third-order valence-electron chi connectivity index (χ3n) is 3.90. The average molecular weight is 266 g/mol. The molecule has 0 radical (unpaired) electrons. The van der Waals surface area contributed by atoms with Crippen molar-refractivity contribution in [2.75, 3.05) is 20.3 Å². The molecule has 18 heavy (non-hydrogen) atoms. The fraction of sp³-hybridized carbons (Fsp3) is 0.692. The molecular formula is C13H18N2O2S. The molecule has 1 N–H and O–H groups in total. The molecule has 0 spiro atoms. The number of ether oxygens (including phenoxy) is 2. The number of rotatable bonds is 3. The van der Waals surface area contributed by atoms with Gasteiger partial charge in [0, 0.05) is 38.9 Å². The summed E-state index contributed by atoms with van der Waals surface area (Å²) in [5, 5.41) is 0. The van der Waals surface area contributed by atoms with E-state index in [9.17, 15) is 0 Å². The summed E-state index contributed by atoms with van der Waals surface area (Å²) in [5.41, 5.74) is 0.865. The molecule has 0 unspecified atom stereocenters. The Labute approximate surface area is 112 Å². The first-order valence-corrected chi connectivity index (χ1v) is 6.89. The van der Waals surface area contributed by atoms with Crippen molar-refractivity contribution in [2.24, 2.45) is 0 Å². The monoisotopic (exact) mass is 266 g/mol. The largest absolute Gasteiger partial charge is 0.381 e. The zero-order valence-corrected chi connectivity index (χ0v) is 11.4. The Bertz CT molecular complexity index is 490. The van der Waals surface area contributed by atoms with Crippen molar-refractivity contribution in [3.63, 3.8) is 0 Å². The van der Waals surface area contributed by atoms with Crippen LogP contribution in [0.25, 0.3) is 0 Å². The summed E-state index contributed by atoms with van der Waals surface area (Å²) in [4.78, 5) is 7.94. The zero-order chi connectivity index (χ0) is 12.6. The van der Waals surface area contributed by atoms with E-state index >= 15 is 0 Å². The van der Waals surface area contributed by atoms with Gasteiger partial charge in [0.05, 0.1) is 0 Å². The van der Waals surface area contributed by atoms with Crippen LogP contribution in [0.4, 0.5) is 0 Å². The second-order valence-corrected chi connectivity index (χ2v) is 5.53. The molecule has 3 rings (SSSR count). The highest BCUT2D eigenvalue weighted by Gasteiger charge is 2.37. The van der Waals surface area contributed by atoms with Crippen LogP contribution in [-0.2, 0) is 15.1 Å². The fourth-order valence-corrected chi connectivity index (χ4v) is 2.76. The van der Waals surface area contributed by atoms with E-state index < -0.39 is 0 Å². The summed E-state index contributed by atoms with van der Waals surface area (Å²) in [6, 6.07) is 1.99. The SMILES string of the molecule is COC1(c2nc(=S)cc(C3CC3)[nH]2)CCOCC1. The maximum atomic E-state index is 5.75. The molecule has 1 saturated carbocycles. The lowest BCUT2D eigenvalue weighted by Crippen LogP contribution is -2.37. The molecule has 4 nitrogen and oxygen atoms in total. The smallest absolute Gasteiger partial charge is 0.140 e. The molecule has 2 fully saturated rings. The summed E-state index contributed by atoms with van der Waals surface area (Å²) in [6.07, 6.45) is 4.15. The molecule has 2 aliphatic rings. The van der Waals surface area contributed by atoms with E-state index in [0.29, 0.717) is 23.8 Å². The molecule has 5 heteroatoms. The highest BCUT2D eigenvalue weighted by molar-refractivity contribution is 7.71. The minimum absolute atomic E-state index is 0.350. The van der Waals surface area contributed by atoms with Crippen LogP contribution in [0.5, 0.6) is 0 Å². The second kappa shape index (κ2) is 4.72. The van der Waals surface area contributed by atoms with Crippen molar-refractivity contribution in [3.05, 3.63) is 22.2 Å². The van der Waals surface area contributed by atoms with E-state index in [2.05, 4.69) is 9.97 Å². The Morgan fingerprint density at radius 2 is 2.17 bits per heavy atom. The van der Waals surface area contributed by atoms with Gasteiger partial charge in [-0.05, 0) is 24.8 Å². The van der Waals surface area contributed by atoms with E-state index in [1.807, 2.05) is 6.07 Å². The number of hydrogen-bond acceptors (Lipinski definition) is 4. The summed E-state index contributed by atoms with van der Waals surface area (Å²) in [6.45, 7) is 1.42. The normalized spacial score (nSPS) is 22.9. The van der Waals surface area contributed by atoms with Gasteiger partial charge in [0.25, 0.3) is 0 Å². The van der Waals surface area contributed by atoms with Crippen LogP contribution in [0.2, 0.25) is 0 Å². The van der Waals surface area contributed by atoms with E-state index in [-0.39, 0.29) is 5.60 Å². The molecule has 0 atom stereocenters. The maximum absolute atomic E-state index is 5.75. The Hall–Kier alpha value is -0.780. The molecule has 1 aromatic rings. The number of aromatic nitrogens is 2. The van der Waals surface area contributed by atoms with Crippen molar-refractivity contribution < 1.29 is 9.47 Å². The van der Waals surface area contributed by atoms with E-state index in [4.69, 9.17) is 21.7 Å². The average Bonchev–Trinajstić information content (AvgIpc) is 3.23. The number of hydrogen-bond donors (Lipinski definition) is 1. The first kappa shape index (κ1) is 12.3. The highest BCUT2D eigenvalue weighted by Crippen LogP contribution is 2.40. The zero-order valence-electron chi connectivity index (χ0n) is 10.6. The van der Waals surface area contributed by atoms with Gasteiger partial charge in [-0.3, -0.25) is 0 Å². The van der Waals surface area contributed by atoms with Gasteiger partial charge >= 0.3 is 0 Å². The maximum Gasteiger partial charge on any atom is 0.140 e. The van der Waals surface area contributed by atoms with E-state index in [1.165, 1.54) is 18.5 Å². The summed E-state index contributed by atoms with van der Waals surface area (Å²) in [5.74, 6) is 1.52. The van der Waals surface area contributed by atoms with E-state index in [1.54, 1.807) is 7.11 Å². The fourth-order valence-electron chi connectivity index (χ4n) is 2.55. The molecule has 1 aliphatic heterocycles. The summed E-state index contributed by atoms with van der Waals surface area (Å²) >= 11 is 5.28. The van der Waals surface area contributed by atoms with Gasteiger partial charge in [0.15, 0.2) is 0 Å². The predicted octanol–water partition coefficient (Wildman–Crippen LogP) is 2.67. The van der Waals surface area contributed by atoms with Crippen LogP contribution < -0.4 is 0 Å². The van der Waals surface area contributed by atoms with Gasteiger partial charge in [-0.1, -0.05) is 12.2 Å². The van der Waals surface area contributed by atoms with Crippen LogP contribution in [0, 0.1) is 4.64 Å². The summed E-state index contributed by atoms with van der Waals surface area (Å²) < 4.78 is 11.8. The standard InChI is InChI=1S/C13H18N2O2S/c1-16-13(4-6-17-7-5-13)12-14-10(9-2-3-9)8-11(18)15-12/h8-9H,2-7H2,1H3,(H,14,15,18). The Morgan fingerprint density at radius 1 is 1.44 bits per heavy atom. The first-order chi connectivity index (χ1) is 8.73. The molecular weight excluding hydrogens is 248 g/mol. The van der Waals surface area contributed by atoms with Crippen LogP contribution in [0.1, 0.15) is 43.1 Å². The van der Waals surface area contributed by atoms with Crippen molar-refractivity contribution in [3.8, 4) is 0 Å². The number of aromatic amines is 1. The number of nitrogens with one attached hydrogen (secondary N) is 1. The first-order valence-electron chi connectivity index (χ1n) is 6.48. The minimum Gasteiger partial charge on any atom is -0.381 e.